The minimum absolute atomic E-state index is 0.146. The van der Waals surface area contributed by atoms with Gasteiger partial charge in [0.1, 0.15) is 0 Å². The predicted molar refractivity (Wildman–Crippen MR) is 62.5 cm³/mol. The molecule has 0 radical (unpaired) electrons. The normalized spacial score (nSPS) is 9.62. The van der Waals surface area contributed by atoms with Crippen LogP contribution in [0.15, 0.2) is 24.3 Å². The van der Waals surface area contributed by atoms with Crippen LogP contribution in [0, 0.1) is 0 Å². The maximum Gasteiger partial charge on any atom is 0.251 e. The lowest BCUT2D eigenvalue weighted by atomic mass is 10.1. The third kappa shape index (κ3) is 3.08. The Balaban J connectivity index is 2.81. The highest BCUT2D eigenvalue weighted by Crippen LogP contribution is 2.05. The Bertz CT molecular complexity index is 388. The summed E-state index contributed by atoms with van der Waals surface area (Å²) in [7, 11) is 1.56. The number of carbonyl (C=O) groups excluding carboxylic acids is 2. The zero-order chi connectivity index (χ0) is 12.0. The first-order valence-electron chi connectivity index (χ1n) is 5.29. The molecule has 1 aromatic rings. The van der Waals surface area contributed by atoms with Gasteiger partial charge < -0.3 is 10.6 Å². The first kappa shape index (κ1) is 12.2. The maximum atomic E-state index is 11.6. The molecule has 4 nitrogen and oxygen atoms in total. The van der Waals surface area contributed by atoms with Gasteiger partial charge in [0.05, 0.1) is 0 Å². The molecule has 1 rings (SSSR count). The largest absolute Gasteiger partial charge is 0.355 e. The summed E-state index contributed by atoms with van der Waals surface area (Å²) in [6.07, 6.45) is 0.890. The number of amides is 2. The molecular formula is C12H16N2O2. The summed E-state index contributed by atoms with van der Waals surface area (Å²) in [5, 5.41) is 5.28. The number of hydrogen-bond donors (Lipinski definition) is 2. The van der Waals surface area contributed by atoms with E-state index in [1.807, 2.05) is 6.92 Å². The van der Waals surface area contributed by atoms with Crippen molar-refractivity contribution in [2.75, 3.05) is 13.6 Å². The van der Waals surface area contributed by atoms with Crippen LogP contribution in [0.5, 0.6) is 0 Å². The fraction of sp³-hybridized carbons (Fsp3) is 0.333. The van der Waals surface area contributed by atoms with E-state index in [1.54, 1.807) is 31.3 Å². The van der Waals surface area contributed by atoms with Crippen LogP contribution >= 0.6 is 0 Å². The molecular weight excluding hydrogens is 204 g/mol. The lowest BCUT2D eigenvalue weighted by Crippen LogP contribution is -2.25. The van der Waals surface area contributed by atoms with Gasteiger partial charge in [-0.15, -0.1) is 0 Å². The van der Waals surface area contributed by atoms with E-state index in [4.69, 9.17) is 0 Å². The van der Waals surface area contributed by atoms with E-state index in [-0.39, 0.29) is 11.8 Å². The van der Waals surface area contributed by atoms with E-state index >= 15 is 0 Å². The van der Waals surface area contributed by atoms with Gasteiger partial charge in [0, 0.05) is 24.7 Å². The van der Waals surface area contributed by atoms with Crippen LogP contribution in [0.4, 0.5) is 0 Å². The van der Waals surface area contributed by atoms with Gasteiger partial charge in [-0.1, -0.05) is 13.0 Å². The highest BCUT2D eigenvalue weighted by Gasteiger charge is 2.08. The molecule has 4 heteroatoms. The summed E-state index contributed by atoms with van der Waals surface area (Å²) in [4.78, 5) is 23.0. The first-order valence-corrected chi connectivity index (χ1v) is 5.29. The maximum absolute atomic E-state index is 11.6. The van der Waals surface area contributed by atoms with E-state index in [2.05, 4.69) is 10.6 Å². The summed E-state index contributed by atoms with van der Waals surface area (Å²) in [5.74, 6) is -0.335. The molecule has 0 unspecified atom stereocenters. The van der Waals surface area contributed by atoms with Crippen molar-refractivity contribution in [2.24, 2.45) is 0 Å². The molecule has 0 saturated heterocycles. The third-order valence-corrected chi connectivity index (χ3v) is 2.15. The zero-order valence-corrected chi connectivity index (χ0v) is 9.54. The number of benzene rings is 1. The van der Waals surface area contributed by atoms with E-state index in [1.165, 1.54) is 0 Å². The number of nitrogens with one attached hydrogen (secondary N) is 2. The molecule has 2 amide bonds. The molecule has 0 heterocycles. The van der Waals surface area contributed by atoms with Gasteiger partial charge in [0.2, 0.25) is 0 Å². The molecule has 86 valence electrons. The second-order valence-corrected chi connectivity index (χ2v) is 3.42. The molecule has 0 bridgehead atoms. The topological polar surface area (TPSA) is 58.2 Å². The highest BCUT2D eigenvalue weighted by molar-refractivity contribution is 5.99. The van der Waals surface area contributed by atoms with E-state index < -0.39 is 0 Å². The molecule has 0 aliphatic heterocycles. The molecule has 0 atom stereocenters. The molecule has 1 aromatic carbocycles. The Morgan fingerprint density at radius 1 is 1.19 bits per heavy atom. The Morgan fingerprint density at radius 2 is 1.81 bits per heavy atom. The van der Waals surface area contributed by atoms with Crippen LogP contribution in [0.3, 0.4) is 0 Å². The van der Waals surface area contributed by atoms with E-state index in [0.29, 0.717) is 17.7 Å². The minimum atomic E-state index is -0.190. The van der Waals surface area contributed by atoms with Gasteiger partial charge >= 0.3 is 0 Å². The van der Waals surface area contributed by atoms with Gasteiger partial charge in [-0.2, -0.15) is 0 Å². The molecule has 0 aromatic heterocycles. The second kappa shape index (κ2) is 5.90. The van der Waals surface area contributed by atoms with E-state index in [9.17, 15) is 9.59 Å². The van der Waals surface area contributed by atoms with Crippen molar-refractivity contribution < 1.29 is 9.59 Å². The zero-order valence-electron chi connectivity index (χ0n) is 9.54. The fourth-order valence-electron chi connectivity index (χ4n) is 1.29. The van der Waals surface area contributed by atoms with Crippen molar-refractivity contribution in [3.8, 4) is 0 Å². The van der Waals surface area contributed by atoms with Crippen LogP contribution in [-0.2, 0) is 0 Å². The smallest absolute Gasteiger partial charge is 0.251 e. The summed E-state index contributed by atoms with van der Waals surface area (Å²) in [6, 6.07) is 6.65. The van der Waals surface area contributed by atoms with Crippen LogP contribution in [0.2, 0.25) is 0 Å². The summed E-state index contributed by atoms with van der Waals surface area (Å²) < 4.78 is 0. The Morgan fingerprint density at radius 3 is 2.38 bits per heavy atom. The minimum Gasteiger partial charge on any atom is -0.355 e. The average Bonchev–Trinajstić information content (AvgIpc) is 2.35. The Labute approximate surface area is 95.0 Å². The number of carbonyl (C=O) groups is 2. The third-order valence-electron chi connectivity index (χ3n) is 2.15. The predicted octanol–water partition coefficient (Wildman–Crippen LogP) is 1.19. The van der Waals surface area contributed by atoms with Gasteiger partial charge in [0.15, 0.2) is 0 Å². The summed E-state index contributed by atoms with van der Waals surface area (Å²) in [5.41, 5.74) is 1.00. The first-order chi connectivity index (χ1) is 7.69. The molecule has 16 heavy (non-hydrogen) atoms. The quantitative estimate of drug-likeness (QED) is 0.800. The van der Waals surface area contributed by atoms with Crippen LogP contribution < -0.4 is 10.6 Å². The summed E-state index contributed by atoms with van der Waals surface area (Å²) >= 11 is 0. The van der Waals surface area contributed by atoms with Gasteiger partial charge in [-0.3, -0.25) is 9.59 Å². The van der Waals surface area contributed by atoms with Crippen molar-refractivity contribution in [3.63, 3.8) is 0 Å². The van der Waals surface area contributed by atoms with Crippen molar-refractivity contribution in [3.05, 3.63) is 35.4 Å². The second-order valence-electron chi connectivity index (χ2n) is 3.42. The number of rotatable bonds is 4. The molecule has 0 aliphatic rings. The van der Waals surface area contributed by atoms with Crippen LogP contribution in [-0.4, -0.2) is 25.4 Å². The monoisotopic (exact) mass is 220 g/mol. The van der Waals surface area contributed by atoms with Gasteiger partial charge in [-0.05, 0) is 24.6 Å². The average molecular weight is 220 g/mol. The van der Waals surface area contributed by atoms with Crippen LogP contribution in [0.25, 0.3) is 0 Å². The highest BCUT2D eigenvalue weighted by atomic mass is 16.2. The SMILES string of the molecule is CCCNC(=O)c1cccc(C(=O)NC)c1. The van der Waals surface area contributed by atoms with Gasteiger partial charge in [-0.25, -0.2) is 0 Å². The molecule has 2 N–H and O–H groups in total. The fourth-order valence-corrected chi connectivity index (χ4v) is 1.29. The summed E-state index contributed by atoms with van der Waals surface area (Å²) in [6.45, 7) is 2.63. The van der Waals surface area contributed by atoms with Crippen molar-refractivity contribution in [1.29, 1.82) is 0 Å². The molecule has 0 saturated carbocycles. The lowest BCUT2D eigenvalue weighted by molar-refractivity contribution is 0.0953. The van der Waals surface area contributed by atoms with Crippen molar-refractivity contribution >= 4 is 11.8 Å². The number of hydrogen-bond acceptors (Lipinski definition) is 2. The Hall–Kier alpha value is -1.84. The van der Waals surface area contributed by atoms with Crippen LogP contribution in [0.1, 0.15) is 34.1 Å². The molecule has 0 spiro atoms. The lowest BCUT2D eigenvalue weighted by Gasteiger charge is -2.05. The standard InChI is InChI=1S/C12H16N2O2/c1-3-7-14-12(16)10-6-4-5-9(8-10)11(15)13-2/h4-6,8H,3,7H2,1-2H3,(H,13,15)(H,14,16). The van der Waals surface area contributed by atoms with Crippen molar-refractivity contribution in [1.82, 2.24) is 10.6 Å². The molecule has 0 aliphatic carbocycles. The van der Waals surface area contributed by atoms with Crippen molar-refractivity contribution in [2.45, 2.75) is 13.3 Å². The van der Waals surface area contributed by atoms with Gasteiger partial charge in [0.25, 0.3) is 11.8 Å². The van der Waals surface area contributed by atoms with E-state index in [0.717, 1.165) is 6.42 Å². The molecule has 0 fully saturated rings. The Kier molecular flexibility index (Phi) is 4.51.